The van der Waals surface area contributed by atoms with Gasteiger partial charge in [-0.2, -0.15) is 4.98 Å². The summed E-state index contributed by atoms with van der Waals surface area (Å²) < 4.78 is 43.9. The first-order valence-electron chi connectivity index (χ1n) is 10.9. The summed E-state index contributed by atoms with van der Waals surface area (Å²) in [6, 6.07) is 2.71. The highest BCUT2D eigenvalue weighted by molar-refractivity contribution is 7.99. The first-order valence-corrected chi connectivity index (χ1v) is 12.3. The number of aryl methyl sites for hydroxylation is 1. The highest BCUT2D eigenvalue weighted by Crippen LogP contribution is 2.46. The van der Waals surface area contributed by atoms with Gasteiger partial charge in [0.1, 0.15) is 11.6 Å². The van der Waals surface area contributed by atoms with Crippen molar-refractivity contribution in [1.29, 1.82) is 0 Å². The number of amides is 1. The van der Waals surface area contributed by atoms with Crippen LogP contribution in [0.1, 0.15) is 6.92 Å². The van der Waals surface area contributed by atoms with Crippen LogP contribution >= 0.6 is 23.4 Å². The maximum absolute atomic E-state index is 14.8. The van der Waals surface area contributed by atoms with Crippen LogP contribution in [0, 0.1) is 17.5 Å². The van der Waals surface area contributed by atoms with Gasteiger partial charge < -0.3 is 9.80 Å². The van der Waals surface area contributed by atoms with Crippen molar-refractivity contribution in [2.24, 2.45) is 0 Å². The van der Waals surface area contributed by atoms with Crippen molar-refractivity contribution < 1.29 is 18.0 Å². The molecule has 5 rings (SSSR count). The summed E-state index contributed by atoms with van der Waals surface area (Å²) in [5, 5.41) is 0.729. The highest BCUT2D eigenvalue weighted by Gasteiger charge is 2.31. The number of nitrogens with zero attached hydrogens (tertiary/aromatic N) is 4. The zero-order valence-corrected chi connectivity index (χ0v) is 20.2. The maximum atomic E-state index is 14.8. The van der Waals surface area contributed by atoms with Crippen LogP contribution in [-0.4, -0.2) is 51.8 Å². The van der Waals surface area contributed by atoms with Crippen molar-refractivity contribution >= 4 is 46.0 Å². The molecule has 1 amide bonds. The summed E-state index contributed by atoms with van der Waals surface area (Å²) in [7, 11) is 0. The number of carbonyl (C=O) groups excluding carboxylic acids is 1. The van der Waals surface area contributed by atoms with Gasteiger partial charge in [0.05, 0.1) is 10.5 Å². The summed E-state index contributed by atoms with van der Waals surface area (Å²) in [6.45, 7) is 7.13. The van der Waals surface area contributed by atoms with Crippen molar-refractivity contribution in [3.05, 3.63) is 63.8 Å². The molecule has 35 heavy (non-hydrogen) atoms. The summed E-state index contributed by atoms with van der Waals surface area (Å²) in [5.41, 5.74) is 0.0870. The van der Waals surface area contributed by atoms with Crippen LogP contribution in [-0.2, 0) is 11.3 Å². The first-order chi connectivity index (χ1) is 16.7. The fourth-order valence-electron chi connectivity index (χ4n) is 4.73. The van der Waals surface area contributed by atoms with Gasteiger partial charge in [-0.1, -0.05) is 18.2 Å². The standard InChI is InChI=1S/C24H20ClF3N4O2S/c1-3-19(33)30-4-5-31(12(2)11-30)23-14-8-15(25)20(13-9-17(27)18(28)10-16(13)26)22-21(14)32(6-7-35-22)24(34)29-23/h3,8-10,12H,1,4-7,11H2,2H3. The second kappa shape index (κ2) is 8.91. The average molecular weight is 521 g/mol. The lowest BCUT2D eigenvalue weighted by Gasteiger charge is -2.40. The van der Waals surface area contributed by atoms with E-state index < -0.39 is 23.1 Å². The summed E-state index contributed by atoms with van der Waals surface area (Å²) in [5.74, 6) is -2.69. The number of piperazine rings is 1. The molecule has 0 saturated carbocycles. The zero-order chi connectivity index (χ0) is 25.0. The molecule has 0 radical (unpaired) electrons. The van der Waals surface area contributed by atoms with E-state index in [1.807, 2.05) is 11.8 Å². The Hall–Kier alpha value is -2.98. The van der Waals surface area contributed by atoms with Crippen LogP contribution in [0.2, 0.25) is 5.02 Å². The molecule has 2 aliphatic heterocycles. The molecule has 0 bridgehead atoms. The van der Waals surface area contributed by atoms with Crippen LogP contribution in [0.3, 0.4) is 0 Å². The molecule has 2 aromatic carbocycles. The van der Waals surface area contributed by atoms with E-state index in [0.717, 1.165) is 6.07 Å². The number of carbonyl (C=O) groups is 1. The van der Waals surface area contributed by atoms with E-state index in [1.165, 1.54) is 22.4 Å². The van der Waals surface area contributed by atoms with Crippen molar-refractivity contribution in [3.63, 3.8) is 0 Å². The Kier molecular flexibility index (Phi) is 6.04. The molecule has 1 aromatic heterocycles. The second-order valence-electron chi connectivity index (χ2n) is 8.45. The van der Waals surface area contributed by atoms with E-state index >= 15 is 0 Å². The van der Waals surface area contributed by atoms with Gasteiger partial charge in [0.25, 0.3) is 0 Å². The lowest BCUT2D eigenvalue weighted by molar-refractivity contribution is -0.126. The third-order valence-corrected chi connectivity index (χ3v) is 7.75. The Morgan fingerprint density at radius 1 is 1.17 bits per heavy atom. The van der Waals surface area contributed by atoms with Gasteiger partial charge in [-0.3, -0.25) is 9.36 Å². The van der Waals surface area contributed by atoms with Gasteiger partial charge >= 0.3 is 5.69 Å². The number of anilines is 1. The zero-order valence-electron chi connectivity index (χ0n) is 18.7. The Balaban J connectivity index is 1.72. The minimum Gasteiger partial charge on any atom is -0.350 e. The summed E-state index contributed by atoms with van der Waals surface area (Å²) in [4.78, 5) is 33.6. The van der Waals surface area contributed by atoms with Gasteiger partial charge in [0.2, 0.25) is 5.91 Å². The third-order valence-electron chi connectivity index (χ3n) is 6.38. The van der Waals surface area contributed by atoms with E-state index in [-0.39, 0.29) is 28.1 Å². The molecule has 2 aliphatic rings. The highest BCUT2D eigenvalue weighted by atomic mass is 35.5. The molecular weight excluding hydrogens is 501 g/mol. The first kappa shape index (κ1) is 23.7. The lowest BCUT2D eigenvalue weighted by atomic mass is 10.0. The average Bonchev–Trinajstić information content (AvgIpc) is 2.83. The quantitative estimate of drug-likeness (QED) is 0.377. The van der Waals surface area contributed by atoms with Crippen molar-refractivity contribution in [2.75, 3.05) is 30.3 Å². The molecule has 0 spiro atoms. The molecule has 0 aliphatic carbocycles. The Bertz CT molecular complexity index is 1460. The van der Waals surface area contributed by atoms with Crippen molar-refractivity contribution in [3.8, 4) is 11.1 Å². The fourth-order valence-corrected chi connectivity index (χ4v) is 6.29. The van der Waals surface area contributed by atoms with E-state index in [2.05, 4.69) is 11.6 Å². The Morgan fingerprint density at radius 3 is 2.63 bits per heavy atom. The molecule has 11 heteroatoms. The predicted molar refractivity (Wildman–Crippen MR) is 131 cm³/mol. The van der Waals surface area contributed by atoms with Gasteiger partial charge in [0, 0.05) is 65.4 Å². The number of hydrogen-bond donors (Lipinski definition) is 0. The van der Waals surface area contributed by atoms with Crippen LogP contribution in [0.25, 0.3) is 22.0 Å². The lowest BCUT2D eigenvalue weighted by Crippen LogP contribution is -2.54. The molecule has 182 valence electrons. The molecular formula is C24H20ClF3N4O2S. The fraction of sp³-hybridized carbons (Fsp3) is 0.292. The number of hydrogen-bond acceptors (Lipinski definition) is 5. The van der Waals surface area contributed by atoms with Crippen molar-refractivity contribution in [1.82, 2.24) is 14.5 Å². The smallest absolute Gasteiger partial charge is 0.350 e. The largest absolute Gasteiger partial charge is 0.350 e. The van der Waals surface area contributed by atoms with Crippen LogP contribution < -0.4 is 10.6 Å². The number of halogens is 4. The van der Waals surface area contributed by atoms with Crippen LogP contribution in [0.5, 0.6) is 0 Å². The van der Waals surface area contributed by atoms with Crippen LogP contribution in [0.15, 0.2) is 40.5 Å². The maximum Gasteiger partial charge on any atom is 0.350 e. The number of aromatic nitrogens is 2. The number of thioether (sulfide) groups is 1. The molecule has 6 nitrogen and oxygen atoms in total. The van der Waals surface area contributed by atoms with Crippen molar-refractivity contribution in [2.45, 2.75) is 24.4 Å². The van der Waals surface area contributed by atoms with Gasteiger partial charge in [-0.05, 0) is 25.1 Å². The molecule has 0 N–H and O–H groups in total. The molecule has 3 heterocycles. The second-order valence-corrected chi connectivity index (χ2v) is 9.97. The topological polar surface area (TPSA) is 58.4 Å². The molecule has 1 saturated heterocycles. The van der Waals surface area contributed by atoms with Crippen LogP contribution in [0.4, 0.5) is 19.0 Å². The predicted octanol–water partition coefficient (Wildman–Crippen LogP) is 4.46. The van der Waals surface area contributed by atoms with Gasteiger partial charge in [0.15, 0.2) is 11.6 Å². The SMILES string of the molecule is C=CC(=O)N1CCN(c2nc(=O)n3c4c(c(-c5cc(F)c(F)cc5F)c(Cl)cc24)SCC3)C(C)C1. The number of benzene rings is 2. The van der Waals surface area contributed by atoms with E-state index in [9.17, 15) is 22.8 Å². The Labute approximate surface area is 208 Å². The third kappa shape index (κ3) is 3.88. The molecule has 3 aromatic rings. The normalized spacial score (nSPS) is 17.7. The monoisotopic (exact) mass is 520 g/mol. The van der Waals surface area contributed by atoms with E-state index in [0.29, 0.717) is 59.6 Å². The minimum absolute atomic E-state index is 0.133. The number of rotatable bonds is 3. The summed E-state index contributed by atoms with van der Waals surface area (Å²) >= 11 is 8.01. The molecule has 1 atom stereocenters. The molecule has 1 unspecified atom stereocenters. The Morgan fingerprint density at radius 2 is 1.91 bits per heavy atom. The summed E-state index contributed by atoms with van der Waals surface area (Å²) in [6.07, 6.45) is 1.27. The molecule has 1 fully saturated rings. The van der Waals surface area contributed by atoms with Gasteiger partial charge in [-0.25, -0.2) is 18.0 Å². The minimum atomic E-state index is -1.30. The van der Waals surface area contributed by atoms with E-state index in [1.54, 1.807) is 11.0 Å². The van der Waals surface area contributed by atoms with E-state index in [4.69, 9.17) is 11.6 Å². The van der Waals surface area contributed by atoms with Gasteiger partial charge in [-0.15, -0.1) is 11.8 Å².